The minimum atomic E-state index is 0.535. The summed E-state index contributed by atoms with van der Waals surface area (Å²) in [5, 5.41) is 3.70. The average Bonchev–Trinajstić information content (AvgIpc) is 3.04. The van der Waals surface area contributed by atoms with Crippen LogP contribution in [-0.4, -0.2) is 30.3 Å². The Morgan fingerprint density at radius 2 is 2.33 bits per heavy atom. The van der Waals surface area contributed by atoms with Crippen molar-refractivity contribution in [2.24, 2.45) is 0 Å². The fourth-order valence-corrected chi connectivity index (χ4v) is 3.03. The molecule has 0 aliphatic carbocycles. The molecule has 2 atom stereocenters. The van der Waals surface area contributed by atoms with Crippen LogP contribution in [-0.2, 0) is 11.2 Å². The van der Waals surface area contributed by atoms with Crippen molar-refractivity contribution in [3.8, 4) is 0 Å². The van der Waals surface area contributed by atoms with Gasteiger partial charge >= 0.3 is 0 Å². The van der Waals surface area contributed by atoms with E-state index in [2.05, 4.69) is 29.4 Å². The molecule has 3 heteroatoms. The summed E-state index contributed by atoms with van der Waals surface area (Å²) in [6.07, 6.45) is 12.2. The third-order valence-electron chi connectivity index (χ3n) is 4.26. The number of hydrogen-bond donors (Lipinski definition) is 1. The van der Waals surface area contributed by atoms with E-state index in [-0.39, 0.29) is 0 Å². The molecular weight excluding hydrogens is 260 g/mol. The Kier molecular flexibility index (Phi) is 7.76. The highest BCUT2D eigenvalue weighted by Gasteiger charge is 2.16. The molecule has 0 bridgehead atoms. The predicted octanol–water partition coefficient (Wildman–Crippen LogP) is 3.73. The van der Waals surface area contributed by atoms with Gasteiger partial charge in [0.05, 0.1) is 6.10 Å². The highest BCUT2D eigenvalue weighted by Crippen LogP contribution is 2.19. The molecule has 2 heterocycles. The first-order chi connectivity index (χ1) is 10.4. The zero-order valence-electron chi connectivity index (χ0n) is 13.4. The largest absolute Gasteiger partial charge is 0.378 e. The maximum atomic E-state index is 5.71. The topological polar surface area (TPSA) is 34.1 Å². The highest BCUT2D eigenvalue weighted by molar-refractivity contribution is 5.03. The summed E-state index contributed by atoms with van der Waals surface area (Å²) in [4.78, 5) is 4.43. The van der Waals surface area contributed by atoms with Crippen molar-refractivity contribution in [3.05, 3.63) is 30.1 Å². The van der Waals surface area contributed by atoms with Crippen LogP contribution in [0.4, 0.5) is 0 Å². The first-order valence-corrected chi connectivity index (χ1v) is 8.63. The molecule has 1 aliphatic rings. The van der Waals surface area contributed by atoms with Gasteiger partial charge in [-0.15, -0.1) is 0 Å². The van der Waals surface area contributed by atoms with Crippen LogP contribution in [0.25, 0.3) is 0 Å². The van der Waals surface area contributed by atoms with E-state index >= 15 is 0 Å². The summed E-state index contributed by atoms with van der Waals surface area (Å²) in [7, 11) is 0. The van der Waals surface area contributed by atoms with E-state index in [4.69, 9.17) is 4.74 Å². The summed E-state index contributed by atoms with van der Waals surface area (Å²) in [6, 6.07) is 6.81. The summed E-state index contributed by atoms with van der Waals surface area (Å²) in [5.41, 5.74) is 1.21. The zero-order valence-corrected chi connectivity index (χ0v) is 13.4. The van der Waals surface area contributed by atoms with Gasteiger partial charge in [0.25, 0.3) is 0 Å². The molecule has 118 valence electrons. The van der Waals surface area contributed by atoms with Crippen molar-refractivity contribution in [2.75, 3.05) is 13.2 Å². The maximum Gasteiger partial charge on any atom is 0.0576 e. The lowest BCUT2D eigenvalue weighted by molar-refractivity contribution is 0.101. The van der Waals surface area contributed by atoms with Crippen molar-refractivity contribution in [2.45, 2.75) is 70.4 Å². The van der Waals surface area contributed by atoms with Crippen molar-refractivity contribution in [1.29, 1.82) is 0 Å². The van der Waals surface area contributed by atoms with E-state index in [1.165, 1.54) is 50.6 Å². The number of nitrogens with one attached hydrogen (secondary N) is 1. The summed E-state index contributed by atoms with van der Waals surface area (Å²) in [5.74, 6) is 0. The fourth-order valence-electron chi connectivity index (χ4n) is 3.03. The second-order valence-electron chi connectivity index (χ2n) is 6.08. The molecule has 0 aromatic carbocycles. The van der Waals surface area contributed by atoms with Gasteiger partial charge in [0, 0.05) is 24.5 Å². The third-order valence-corrected chi connectivity index (χ3v) is 4.26. The lowest BCUT2D eigenvalue weighted by atomic mass is 10.0. The van der Waals surface area contributed by atoms with Gasteiger partial charge < -0.3 is 10.1 Å². The maximum absolute atomic E-state index is 5.71. The fraction of sp³-hybridized carbons (Fsp3) is 0.722. The van der Waals surface area contributed by atoms with Gasteiger partial charge in [-0.05, 0) is 70.0 Å². The zero-order chi connectivity index (χ0) is 14.8. The predicted molar refractivity (Wildman–Crippen MR) is 87.5 cm³/mol. The minimum Gasteiger partial charge on any atom is -0.378 e. The first-order valence-electron chi connectivity index (χ1n) is 8.63. The molecule has 21 heavy (non-hydrogen) atoms. The Morgan fingerprint density at radius 3 is 3.05 bits per heavy atom. The standard InChI is InChI=1S/C18H30N2O/c1-2-13-19-17(8-5-9-18-10-6-15-21-18)12-11-16-7-3-4-14-20-16/h3-4,7,14,17-19H,2,5-6,8-13,15H2,1H3. The highest BCUT2D eigenvalue weighted by atomic mass is 16.5. The van der Waals surface area contributed by atoms with Crippen molar-refractivity contribution < 1.29 is 4.74 Å². The summed E-state index contributed by atoms with van der Waals surface area (Å²) >= 11 is 0. The minimum absolute atomic E-state index is 0.535. The molecule has 2 rings (SSSR count). The number of aromatic nitrogens is 1. The van der Waals surface area contributed by atoms with Gasteiger partial charge in [-0.1, -0.05) is 13.0 Å². The quantitative estimate of drug-likeness (QED) is 0.713. The molecule has 1 saturated heterocycles. The van der Waals surface area contributed by atoms with E-state index in [0.29, 0.717) is 12.1 Å². The number of aryl methyl sites for hydroxylation is 1. The van der Waals surface area contributed by atoms with Crippen LogP contribution in [0, 0.1) is 0 Å². The second kappa shape index (κ2) is 9.91. The van der Waals surface area contributed by atoms with Crippen molar-refractivity contribution in [3.63, 3.8) is 0 Å². The second-order valence-corrected chi connectivity index (χ2v) is 6.08. The van der Waals surface area contributed by atoms with E-state index in [0.717, 1.165) is 19.6 Å². The molecule has 1 aromatic rings. The van der Waals surface area contributed by atoms with Crippen LogP contribution in [0.2, 0.25) is 0 Å². The van der Waals surface area contributed by atoms with E-state index in [9.17, 15) is 0 Å². The Hall–Kier alpha value is -0.930. The molecule has 0 saturated carbocycles. The van der Waals surface area contributed by atoms with Crippen LogP contribution >= 0.6 is 0 Å². The van der Waals surface area contributed by atoms with E-state index in [1.54, 1.807) is 0 Å². The number of nitrogens with zero attached hydrogens (tertiary/aromatic N) is 1. The monoisotopic (exact) mass is 290 g/mol. The van der Waals surface area contributed by atoms with Gasteiger partial charge in [-0.3, -0.25) is 4.98 Å². The molecule has 1 N–H and O–H groups in total. The van der Waals surface area contributed by atoms with Gasteiger partial charge in [-0.25, -0.2) is 0 Å². The number of hydrogen-bond acceptors (Lipinski definition) is 3. The number of ether oxygens (including phenoxy) is 1. The molecule has 0 spiro atoms. The Morgan fingerprint density at radius 1 is 1.38 bits per heavy atom. The van der Waals surface area contributed by atoms with E-state index in [1.807, 2.05) is 12.3 Å². The average molecular weight is 290 g/mol. The van der Waals surface area contributed by atoms with Crippen LogP contribution in [0.1, 0.15) is 57.6 Å². The van der Waals surface area contributed by atoms with E-state index < -0.39 is 0 Å². The van der Waals surface area contributed by atoms with Crippen LogP contribution < -0.4 is 5.32 Å². The van der Waals surface area contributed by atoms with Gasteiger partial charge in [0.1, 0.15) is 0 Å². The normalized spacial score (nSPS) is 19.8. The molecular formula is C18H30N2O. The molecule has 1 fully saturated rings. The smallest absolute Gasteiger partial charge is 0.0576 e. The summed E-state index contributed by atoms with van der Waals surface area (Å²) < 4.78 is 5.71. The molecule has 3 nitrogen and oxygen atoms in total. The van der Waals surface area contributed by atoms with Crippen molar-refractivity contribution in [1.82, 2.24) is 10.3 Å². The van der Waals surface area contributed by atoms with Gasteiger partial charge in [0.15, 0.2) is 0 Å². The number of rotatable bonds is 10. The molecule has 1 aromatic heterocycles. The first kappa shape index (κ1) is 16.4. The molecule has 1 aliphatic heterocycles. The lowest BCUT2D eigenvalue weighted by Crippen LogP contribution is -2.30. The Balaban J connectivity index is 1.68. The van der Waals surface area contributed by atoms with Crippen molar-refractivity contribution >= 4 is 0 Å². The summed E-state index contributed by atoms with van der Waals surface area (Å²) in [6.45, 7) is 4.32. The van der Waals surface area contributed by atoms with Crippen LogP contribution in [0.3, 0.4) is 0 Å². The Bertz CT molecular complexity index is 363. The van der Waals surface area contributed by atoms with Crippen LogP contribution in [0.5, 0.6) is 0 Å². The molecule has 0 radical (unpaired) electrons. The number of pyridine rings is 1. The van der Waals surface area contributed by atoms with Gasteiger partial charge in [0.2, 0.25) is 0 Å². The molecule has 0 amide bonds. The SMILES string of the molecule is CCCNC(CCCC1CCCO1)CCc1ccccn1. The van der Waals surface area contributed by atoms with Crippen LogP contribution in [0.15, 0.2) is 24.4 Å². The lowest BCUT2D eigenvalue weighted by Gasteiger charge is -2.19. The van der Waals surface area contributed by atoms with Gasteiger partial charge in [-0.2, -0.15) is 0 Å². The third kappa shape index (κ3) is 6.58. The Labute approximate surface area is 129 Å². The molecule has 2 unspecified atom stereocenters.